The van der Waals surface area contributed by atoms with E-state index < -0.39 is 0 Å². The van der Waals surface area contributed by atoms with Gasteiger partial charge in [-0.15, -0.1) is 0 Å². The van der Waals surface area contributed by atoms with Gasteiger partial charge in [0.25, 0.3) is 0 Å². The maximum atomic E-state index is 12.2. The van der Waals surface area contributed by atoms with Gasteiger partial charge in [-0.05, 0) is 36.8 Å². The smallest absolute Gasteiger partial charge is 0.244 e. The molecular formula is C20H23ClN2O3. The van der Waals surface area contributed by atoms with Crippen molar-refractivity contribution in [3.63, 3.8) is 0 Å². The van der Waals surface area contributed by atoms with Crippen LogP contribution in [0.1, 0.15) is 23.1 Å². The third kappa shape index (κ3) is 4.97. The predicted molar refractivity (Wildman–Crippen MR) is 102 cm³/mol. The molecule has 6 heteroatoms. The number of amides is 1. The first-order valence-corrected chi connectivity index (χ1v) is 9.10. The number of nitrogens with one attached hydrogen (secondary N) is 1. The van der Waals surface area contributed by atoms with E-state index in [1.807, 2.05) is 43.3 Å². The Bertz CT molecular complexity index is 766. The number of morpholine rings is 1. The molecule has 0 saturated carbocycles. The summed E-state index contributed by atoms with van der Waals surface area (Å²) in [6.45, 7) is 5.35. The van der Waals surface area contributed by atoms with E-state index in [1.165, 1.54) is 6.08 Å². The highest BCUT2D eigenvalue weighted by Gasteiger charge is 2.24. The lowest BCUT2D eigenvalue weighted by molar-refractivity contribution is -0.116. The summed E-state index contributed by atoms with van der Waals surface area (Å²) in [5.74, 6) is 1.31. The molecule has 1 amide bonds. The molecule has 1 aromatic heterocycles. The fourth-order valence-electron chi connectivity index (χ4n) is 3.03. The molecule has 2 heterocycles. The number of carbonyl (C=O) groups excluding carboxylic acids is 1. The van der Waals surface area contributed by atoms with Gasteiger partial charge >= 0.3 is 0 Å². The highest BCUT2D eigenvalue weighted by molar-refractivity contribution is 6.31. The van der Waals surface area contributed by atoms with Crippen LogP contribution in [0, 0.1) is 6.92 Å². The van der Waals surface area contributed by atoms with Gasteiger partial charge in [-0.2, -0.15) is 0 Å². The number of aryl methyl sites for hydroxylation is 1. The molecule has 1 fully saturated rings. The summed E-state index contributed by atoms with van der Waals surface area (Å²) in [4.78, 5) is 14.5. The summed E-state index contributed by atoms with van der Waals surface area (Å²) in [5, 5.41) is 3.68. The number of benzene rings is 1. The van der Waals surface area contributed by atoms with Crippen molar-refractivity contribution in [2.24, 2.45) is 0 Å². The van der Waals surface area contributed by atoms with Crippen LogP contribution in [0.4, 0.5) is 0 Å². The molecule has 0 spiro atoms. The minimum absolute atomic E-state index is 0.0100. The fourth-order valence-corrected chi connectivity index (χ4v) is 3.29. The van der Waals surface area contributed by atoms with Crippen LogP contribution in [0.15, 0.2) is 46.9 Å². The van der Waals surface area contributed by atoms with Crippen LogP contribution in [0.25, 0.3) is 6.08 Å². The van der Waals surface area contributed by atoms with Crippen molar-refractivity contribution < 1.29 is 13.9 Å². The molecule has 3 rings (SSSR count). The Labute approximate surface area is 158 Å². The van der Waals surface area contributed by atoms with E-state index in [2.05, 4.69) is 10.2 Å². The van der Waals surface area contributed by atoms with Crippen molar-refractivity contribution >= 4 is 23.6 Å². The van der Waals surface area contributed by atoms with E-state index in [1.54, 1.807) is 6.08 Å². The van der Waals surface area contributed by atoms with Gasteiger partial charge in [0, 0.05) is 30.7 Å². The number of nitrogens with zero attached hydrogens (tertiary/aromatic N) is 1. The first-order valence-electron chi connectivity index (χ1n) is 8.72. The lowest BCUT2D eigenvalue weighted by atomic mass is 10.0. The minimum Gasteiger partial charge on any atom is -0.462 e. The largest absolute Gasteiger partial charge is 0.462 e. The van der Waals surface area contributed by atoms with Crippen LogP contribution in [-0.4, -0.2) is 43.7 Å². The summed E-state index contributed by atoms with van der Waals surface area (Å²) in [7, 11) is 0. The van der Waals surface area contributed by atoms with Gasteiger partial charge in [-0.3, -0.25) is 9.69 Å². The van der Waals surface area contributed by atoms with Crippen LogP contribution in [0.5, 0.6) is 0 Å². The maximum Gasteiger partial charge on any atom is 0.244 e. The standard InChI is InChI=1S/C20H23ClN2O3/c1-15-6-7-16(26-15)8-9-20(24)22-14-19(23-10-12-25-13-11-23)17-4-2-3-5-18(17)21/h2-9,19H,10-14H2,1H3,(H,22,24). The van der Waals surface area contributed by atoms with Gasteiger partial charge in [0.1, 0.15) is 11.5 Å². The summed E-state index contributed by atoms with van der Waals surface area (Å²) in [6, 6.07) is 11.5. The Morgan fingerprint density at radius 2 is 2.04 bits per heavy atom. The molecular weight excluding hydrogens is 352 g/mol. The number of halogens is 1. The topological polar surface area (TPSA) is 54.7 Å². The Hall–Kier alpha value is -2.08. The second-order valence-electron chi connectivity index (χ2n) is 6.21. The normalized spacial score (nSPS) is 16.7. The molecule has 0 aliphatic carbocycles. The minimum atomic E-state index is -0.163. The van der Waals surface area contributed by atoms with Crippen LogP contribution >= 0.6 is 11.6 Å². The number of hydrogen-bond donors (Lipinski definition) is 1. The first kappa shape index (κ1) is 18.7. The third-order valence-electron chi connectivity index (χ3n) is 4.38. The van der Waals surface area contributed by atoms with E-state index in [0.717, 1.165) is 24.4 Å². The highest BCUT2D eigenvalue weighted by Crippen LogP contribution is 2.27. The summed E-state index contributed by atoms with van der Waals surface area (Å²) >= 11 is 6.40. The van der Waals surface area contributed by atoms with Crippen LogP contribution in [0.3, 0.4) is 0 Å². The molecule has 138 valence electrons. The van der Waals surface area contributed by atoms with E-state index >= 15 is 0 Å². The SMILES string of the molecule is Cc1ccc(C=CC(=O)NCC(c2ccccc2Cl)N2CCOCC2)o1. The molecule has 26 heavy (non-hydrogen) atoms. The van der Waals surface area contributed by atoms with Gasteiger partial charge in [-0.1, -0.05) is 29.8 Å². The van der Waals surface area contributed by atoms with Crippen molar-refractivity contribution in [2.75, 3.05) is 32.8 Å². The van der Waals surface area contributed by atoms with Crippen molar-refractivity contribution in [1.29, 1.82) is 0 Å². The molecule has 1 aliphatic rings. The van der Waals surface area contributed by atoms with Crippen LogP contribution < -0.4 is 5.32 Å². The average Bonchev–Trinajstić information content (AvgIpc) is 3.08. The molecule has 1 aliphatic heterocycles. The van der Waals surface area contributed by atoms with Gasteiger partial charge in [-0.25, -0.2) is 0 Å². The summed E-state index contributed by atoms with van der Waals surface area (Å²) in [6.07, 6.45) is 3.16. The van der Waals surface area contributed by atoms with Crippen LogP contribution in [0.2, 0.25) is 5.02 Å². The Kier molecular flexibility index (Phi) is 6.50. The van der Waals surface area contributed by atoms with Crippen molar-refractivity contribution in [1.82, 2.24) is 10.2 Å². The van der Waals surface area contributed by atoms with E-state index in [4.69, 9.17) is 20.8 Å². The summed E-state index contributed by atoms with van der Waals surface area (Å²) in [5.41, 5.74) is 1.02. The maximum absolute atomic E-state index is 12.2. The van der Waals surface area contributed by atoms with Gasteiger partial charge in [0.2, 0.25) is 5.91 Å². The molecule has 1 unspecified atom stereocenters. The molecule has 5 nitrogen and oxygen atoms in total. The Balaban J connectivity index is 1.66. The molecule has 1 atom stereocenters. The fraction of sp³-hybridized carbons (Fsp3) is 0.350. The lowest BCUT2D eigenvalue weighted by Gasteiger charge is -2.35. The van der Waals surface area contributed by atoms with Gasteiger partial charge in [0.15, 0.2) is 0 Å². The second kappa shape index (κ2) is 9.03. The average molecular weight is 375 g/mol. The zero-order valence-electron chi connectivity index (χ0n) is 14.8. The highest BCUT2D eigenvalue weighted by atomic mass is 35.5. The Morgan fingerprint density at radius 1 is 1.27 bits per heavy atom. The van der Waals surface area contributed by atoms with Gasteiger partial charge < -0.3 is 14.5 Å². The molecule has 0 radical (unpaired) electrons. The number of ether oxygens (including phenoxy) is 1. The zero-order valence-corrected chi connectivity index (χ0v) is 15.5. The van der Waals surface area contributed by atoms with Crippen molar-refractivity contribution in [2.45, 2.75) is 13.0 Å². The molecule has 0 bridgehead atoms. The van der Waals surface area contributed by atoms with Crippen molar-refractivity contribution in [3.8, 4) is 0 Å². The van der Waals surface area contributed by atoms with Gasteiger partial charge in [0.05, 0.1) is 19.3 Å². The monoisotopic (exact) mass is 374 g/mol. The molecule has 1 aromatic carbocycles. The number of furan rings is 1. The quantitative estimate of drug-likeness (QED) is 0.787. The van der Waals surface area contributed by atoms with E-state index in [-0.39, 0.29) is 11.9 Å². The lowest BCUT2D eigenvalue weighted by Crippen LogP contribution is -2.43. The van der Waals surface area contributed by atoms with Crippen LogP contribution in [-0.2, 0) is 9.53 Å². The molecule has 1 N–H and O–H groups in total. The van der Waals surface area contributed by atoms with Crippen molar-refractivity contribution in [3.05, 3.63) is 64.6 Å². The number of hydrogen-bond acceptors (Lipinski definition) is 4. The zero-order chi connectivity index (χ0) is 18.4. The number of carbonyl (C=O) groups is 1. The third-order valence-corrected chi connectivity index (χ3v) is 4.72. The molecule has 2 aromatic rings. The van der Waals surface area contributed by atoms with E-state index in [0.29, 0.717) is 30.5 Å². The predicted octanol–water partition coefficient (Wildman–Crippen LogP) is 3.44. The second-order valence-corrected chi connectivity index (χ2v) is 6.62. The molecule has 1 saturated heterocycles. The number of rotatable bonds is 6. The Morgan fingerprint density at radius 3 is 2.73 bits per heavy atom. The van der Waals surface area contributed by atoms with E-state index in [9.17, 15) is 4.79 Å². The summed E-state index contributed by atoms with van der Waals surface area (Å²) < 4.78 is 10.9. The first-order chi connectivity index (χ1) is 12.6.